The maximum absolute atomic E-state index is 5.39. The molecule has 102 valence electrons. The lowest BCUT2D eigenvalue weighted by molar-refractivity contribution is 0.192. The lowest BCUT2D eigenvalue weighted by Gasteiger charge is -2.28. The first-order chi connectivity index (χ1) is 8.71. The van der Waals surface area contributed by atoms with Crippen LogP contribution < -0.4 is 11.3 Å². The quantitative estimate of drug-likeness (QED) is 0.550. The summed E-state index contributed by atoms with van der Waals surface area (Å²) in [6, 6.07) is 4.68. The van der Waals surface area contributed by atoms with Crippen molar-refractivity contribution < 1.29 is 0 Å². The fraction of sp³-hybridized carbons (Fsp3) is 0.643. The van der Waals surface area contributed by atoms with E-state index in [0.29, 0.717) is 6.04 Å². The minimum atomic E-state index is 0.610. The molecule has 1 heterocycles. The molecule has 0 aliphatic heterocycles. The summed E-state index contributed by atoms with van der Waals surface area (Å²) in [6.07, 6.45) is 5.46. The van der Waals surface area contributed by atoms with Crippen LogP contribution in [0.2, 0.25) is 0 Å². The molecule has 0 aromatic carbocycles. The van der Waals surface area contributed by atoms with E-state index in [2.05, 4.69) is 42.1 Å². The van der Waals surface area contributed by atoms with Crippen LogP contribution >= 0.6 is 0 Å². The van der Waals surface area contributed by atoms with Crippen molar-refractivity contribution in [3.63, 3.8) is 0 Å². The molecule has 4 heteroatoms. The van der Waals surface area contributed by atoms with Gasteiger partial charge in [0, 0.05) is 18.8 Å². The van der Waals surface area contributed by atoms with Gasteiger partial charge in [0.2, 0.25) is 0 Å². The van der Waals surface area contributed by atoms with Crippen LogP contribution in [-0.2, 0) is 6.54 Å². The Kier molecular flexibility index (Phi) is 6.68. The molecule has 1 aromatic heterocycles. The fourth-order valence-corrected chi connectivity index (χ4v) is 1.96. The highest BCUT2D eigenvalue weighted by Crippen LogP contribution is 2.13. The summed E-state index contributed by atoms with van der Waals surface area (Å²) >= 11 is 0. The molecule has 18 heavy (non-hydrogen) atoms. The number of unbranched alkanes of at least 4 members (excludes halogenated alkanes) is 1. The van der Waals surface area contributed by atoms with Crippen LogP contribution in [0.25, 0.3) is 0 Å². The van der Waals surface area contributed by atoms with Crippen LogP contribution in [0.4, 0.5) is 5.82 Å². The second kappa shape index (κ2) is 8.06. The smallest absolute Gasteiger partial charge is 0.140 e. The average molecular weight is 250 g/mol. The van der Waals surface area contributed by atoms with E-state index < -0.39 is 0 Å². The number of hydrogen-bond acceptors (Lipinski definition) is 4. The normalized spacial score (nSPS) is 12.7. The maximum atomic E-state index is 5.39. The second-order valence-electron chi connectivity index (χ2n) is 4.77. The number of pyridine rings is 1. The van der Waals surface area contributed by atoms with Gasteiger partial charge in [-0.15, -0.1) is 0 Å². The van der Waals surface area contributed by atoms with Crippen molar-refractivity contribution in [3.05, 3.63) is 23.9 Å². The molecule has 0 saturated carbocycles. The molecule has 1 rings (SSSR count). The van der Waals surface area contributed by atoms with E-state index in [-0.39, 0.29) is 0 Å². The first-order valence-electron chi connectivity index (χ1n) is 6.86. The van der Waals surface area contributed by atoms with Gasteiger partial charge in [-0.3, -0.25) is 4.90 Å². The first-order valence-corrected chi connectivity index (χ1v) is 6.86. The molecule has 0 amide bonds. The van der Waals surface area contributed by atoms with Crippen molar-refractivity contribution in [3.8, 4) is 0 Å². The van der Waals surface area contributed by atoms with Crippen molar-refractivity contribution in [1.29, 1.82) is 0 Å². The first kappa shape index (κ1) is 14.9. The highest BCUT2D eigenvalue weighted by molar-refractivity contribution is 5.35. The summed E-state index contributed by atoms with van der Waals surface area (Å²) in [5, 5.41) is 0. The molecule has 0 bridgehead atoms. The molecule has 4 nitrogen and oxygen atoms in total. The zero-order valence-electron chi connectivity index (χ0n) is 11.8. The van der Waals surface area contributed by atoms with Gasteiger partial charge in [0.1, 0.15) is 5.82 Å². The van der Waals surface area contributed by atoms with E-state index in [0.717, 1.165) is 18.9 Å². The predicted octanol–water partition coefficient (Wildman–Crippen LogP) is 2.77. The third-order valence-electron chi connectivity index (χ3n) is 3.37. The van der Waals surface area contributed by atoms with E-state index in [4.69, 9.17) is 5.84 Å². The van der Waals surface area contributed by atoms with Gasteiger partial charge in [0.25, 0.3) is 0 Å². The molecule has 1 unspecified atom stereocenters. The molecule has 0 saturated heterocycles. The van der Waals surface area contributed by atoms with Gasteiger partial charge in [0.15, 0.2) is 0 Å². The van der Waals surface area contributed by atoms with Gasteiger partial charge in [-0.25, -0.2) is 10.8 Å². The largest absolute Gasteiger partial charge is 0.308 e. The zero-order chi connectivity index (χ0) is 13.4. The standard InChI is InChI=1S/C14H26N4/c1-4-6-9-18(12(3)5-2)11-13-7-8-16-14(10-13)17-15/h7-8,10,12H,4-6,9,11,15H2,1-3H3,(H,16,17). The van der Waals surface area contributed by atoms with Crippen LogP contribution in [0.1, 0.15) is 45.6 Å². The third-order valence-corrected chi connectivity index (χ3v) is 3.37. The zero-order valence-corrected chi connectivity index (χ0v) is 11.8. The number of rotatable bonds is 8. The molecule has 0 spiro atoms. The highest BCUT2D eigenvalue weighted by Gasteiger charge is 2.12. The number of nitrogens with one attached hydrogen (secondary N) is 1. The van der Waals surface area contributed by atoms with Crippen molar-refractivity contribution in [1.82, 2.24) is 9.88 Å². The fourth-order valence-electron chi connectivity index (χ4n) is 1.96. The van der Waals surface area contributed by atoms with Gasteiger partial charge >= 0.3 is 0 Å². The molecule has 0 aliphatic rings. The summed E-state index contributed by atoms with van der Waals surface area (Å²) in [5.74, 6) is 6.12. The summed E-state index contributed by atoms with van der Waals surface area (Å²) < 4.78 is 0. The Balaban J connectivity index is 2.68. The second-order valence-corrected chi connectivity index (χ2v) is 4.77. The number of nitrogen functional groups attached to an aromatic ring is 1. The summed E-state index contributed by atoms with van der Waals surface area (Å²) in [4.78, 5) is 6.66. The molecular formula is C14H26N4. The van der Waals surface area contributed by atoms with E-state index in [1.54, 1.807) is 6.20 Å². The molecule has 0 radical (unpaired) electrons. The van der Waals surface area contributed by atoms with Gasteiger partial charge in [0.05, 0.1) is 0 Å². The molecule has 1 atom stereocenters. The van der Waals surface area contributed by atoms with Crippen molar-refractivity contribution in [2.75, 3.05) is 12.0 Å². The van der Waals surface area contributed by atoms with E-state index in [1.165, 1.54) is 24.8 Å². The molecule has 1 aromatic rings. The Morgan fingerprint density at radius 1 is 1.44 bits per heavy atom. The van der Waals surface area contributed by atoms with Crippen molar-refractivity contribution >= 4 is 5.82 Å². The molecule has 3 N–H and O–H groups in total. The number of nitrogens with two attached hydrogens (primary N) is 1. The minimum absolute atomic E-state index is 0.610. The Bertz CT molecular complexity index is 340. The van der Waals surface area contributed by atoms with Gasteiger partial charge in [-0.2, -0.15) is 0 Å². The number of hydrogen-bond donors (Lipinski definition) is 2. The Hall–Kier alpha value is -1.13. The number of anilines is 1. The van der Waals surface area contributed by atoms with Crippen LogP contribution in [0.15, 0.2) is 18.3 Å². The molecule has 0 fully saturated rings. The number of nitrogens with zero attached hydrogens (tertiary/aromatic N) is 2. The number of aromatic nitrogens is 1. The van der Waals surface area contributed by atoms with Crippen molar-refractivity contribution in [2.45, 2.75) is 52.6 Å². The van der Waals surface area contributed by atoms with Gasteiger partial charge in [-0.05, 0) is 44.0 Å². The summed E-state index contributed by atoms with van der Waals surface area (Å²) in [6.45, 7) is 8.88. The van der Waals surface area contributed by atoms with Gasteiger partial charge in [-0.1, -0.05) is 20.3 Å². The average Bonchev–Trinajstić information content (AvgIpc) is 2.42. The lowest BCUT2D eigenvalue weighted by atomic mass is 10.1. The van der Waals surface area contributed by atoms with Crippen LogP contribution in [0, 0.1) is 0 Å². The summed E-state index contributed by atoms with van der Waals surface area (Å²) in [5.41, 5.74) is 3.86. The predicted molar refractivity (Wildman–Crippen MR) is 77.1 cm³/mol. The summed E-state index contributed by atoms with van der Waals surface area (Å²) in [7, 11) is 0. The third kappa shape index (κ3) is 4.63. The van der Waals surface area contributed by atoms with E-state index >= 15 is 0 Å². The lowest BCUT2D eigenvalue weighted by Crippen LogP contribution is -2.33. The van der Waals surface area contributed by atoms with Crippen LogP contribution in [0.5, 0.6) is 0 Å². The highest BCUT2D eigenvalue weighted by atomic mass is 15.2. The minimum Gasteiger partial charge on any atom is -0.308 e. The van der Waals surface area contributed by atoms with Crippen molar-refractivity contribution in [2.24, 2.45) is 5.84 Å². The monoisotopic (exact) mass is 250 g/mol. The van der Waals surface area contributed by atoms with Crippen LogP contribution in [-0.4, -0.2) is 22.5 Å². The number of hydrazine groups is 1. The Morgan fingerprint density at radius 2 is 2.22 bits per heavy atom. The molecular weight excluding hydrogens is 224 g/mol. The molecule has 0 aliphatic carbocycles. The van der Waals surface area contributed by atoms with E-state index in [9.17, 15) is 0 Å². The maximum Gasteiger partial charge on any atom is 0.140 e. The van der Waals surface area contributed by atoms with Crippen LogP contribution in [0.3, 0.4) is 0 Å². The Labute approximate surface area is 111 Å². The van der Waals surface area contributed by atoms with E-state index in [1.807, 2.05) is 6.07 Å². The van der Waals surface area contributed by atoms with Gasteiger partial charge < -0.3 is 5.43 Å². The topological polar surface area (TPSA) is 54.2 Å². The SMILES string of the molecule is CCCCN(Cc1ccnc(NN)c1)C(C)CC. The Morgan fingerprint density at radius 3 is 2.83 bits per heavy atom.